The van der Waals surface area contributed by atoms with E-state index in [2.05, 4.69) is 0 Å². The summed E-state index contributed by atoms with van der Waals surface area (Å²) in [4.78, 5) is 0. The topological polar surface area (TPSA) is 55.5 Å². The van der Waals surface area contributed by atoms with E-state index < -0.39 is 23.9 Å². The molecule has 0 aromatic heterocycles. The molecule has 106 valence electrons. The molecule has 1 aliphatic rings. The van der Waals surface area contributed by atoms with Gasteiger partial charge in [-0.3, -0.25) is 0 Å². The zero-order valence-corrected chi connectivity index (χ0v) is 10.4. The molecular weight excluding hydrogens is 259 g/mol. The zero-order valence-electron chi connectivity index (χ0n) is 10.4. The molecule has 0 bridgehead atoms. The fourth-order valence-electron chi connectivity index (χ4n) is 2.08. The molecule has 2 rings (SSSR count). The predicted molar refractivity (Wildman–Crippen MR) is 63.7 cm³/mol. The zero-order chi connectivity index (χ0) is 14.2. The molecule has 1 aromatic rings. The van der Waals surface area contributed by atoms with Crippen LogP contribution >= 0.6 is 0 Å². The van der Waals surface area contributed by atoms with Crippen molar-refractivity contribution in [2.75, 3.05) is 7.11 Å². The lowest BCUT2D eigenvalue weighted by molar-refractivity contribution is -0.137. The van der Waals surface area contributed by atoms with Crippen LogP contribution in [0.1, 0.15) is 30.0 Å². The number of nitrogens with two attached hydrogens (primary N) is 1. The number of aliphatic hydroxyl groups excluding tert-OH is 1. The molecule has 0 unspecified atom stereocenters. The van der Waals surface area contributed by atoms with Crippen molar-refractivity contribution in [1.82, 2.24) is 0 Å². The summed E-state index contributed by atoms with van der Waals surface area (Å²) in [6.07, 6.45) is -3.37. The number of hydrogen-bond donors (Lipinski definition) is 2. The maximum atomic E-state index is 12.6. The summed E-state index contributed by atoms with van der Waals surface area (Å²) < 4.78 is 42.8. The molecule has 6 heteroatoms. The van der Waals surface area contributed by atoms with Crippen molar-refractivity contribution in [3.8, 4) is 5.75 Å². The third-order valence-corrected chi connectivity index (χ3v) is 3.39. The molecule has 1 aliphatic carbocycles. The van der Waals surface area contributed by atoms with Crippen LogP contribution in [-0.4, -0.2) is 18.3 Å². The Morgan fingerprint density at radius 3 is 2.47 bits per heavy atom. The lowest BCUT2D eigenvalue weighted by Gasteiger charge is -2.22. The minimum Gasteiger partial charge on any atom is -0.496 e. The van der Waals surface area contributed by atoms with Gasteiger partial charge in [-0.1, -0.05) is 6.07 Å². The Kier molecular flexibility index (Phi) is 3.73. The highest BCUT2D eigenvalue weighted by molar-refractivity contribution is 5.41. The Morgan fingerprint density at radius 1 is 1.37 bits per heavy atom. The van der Waals surface area contributed by atoms with Gasteiger partial charge in [0.15, 0.2) is 0 Å². The average molecular weight is 275 g/mol. The lowest BCUT2D eigenvalue weighted by Crippen LogP contribution is -2.28. The van der Waals surface area contributed by atoms with Crippen LogP contribution in [0.3, 0.4) is 0 Å². The molecule has 0 saturated heterocycles. The molecule has 0 amide bonds. The highest BCUT2D eigenvalue weighted by Crippen LogP contribution is 2.40. The molecule has 19 heavy (non-hydrogen) atoms. The van der Waals surface area contributed by atoms with E-state index >= 15 is 0 Å². The number of halogens is 3. The first-order chi connectivity index (χ1) is 8.84. The molecule has 0 radical (unpaired) electrons. The molecule has 1 fully saturated rings. The molecule has 0 heterocycles. The quantitative estimate of drug-likeness (QED) is 0.887. The molecule has 1 aromatic carbocycles. The summed E-state index contributed by atoms with van der Waals surface area (Å²) in [5.74, 6) is 0.198. The highest BCUT2D eigenvalue weighted by Gasteiger charge is 2.36. The van der Waals surface area contributed by atoms with Gasteiger partial charge >= 0.3 is 6.18 Å². The third kappa shape index (κ3) is 3.01. The van der Waals surface area contributed by atoms with Crippen LogP contribution in [0.2, 0.25) is 0 Å². The molecule has 0 spiro atoms. The minimum atomic E-state index is -4.43. The fourth-order valence-corrected chi connectivity index (χ4v) is 2.08. The smallest absolute Gasteiger partial charge is 0.416 e. The van der Waals surface area contributed by atoms with E-state index in [1.807, 2.05) is 0 Å². The van der Waals surface area contributed by atoms with Crippen molar-refractivity contribution in [3.63, 3.8) is 0 Å². The van der Waals surface area contributed by atoms with E-state index in [0.29, 0.717) is 5.56 Å². The second-order valence-corrected chi connectivity index (χ2v) is 4.81. The maximum absolute atomic E-state index is 12.6. The van der Waals surface area contributed by atoms with Crippen LogP contribution in [-0.2, 0) is 6.18 Å². The van der Waals surface area contributed by atoms with Crippen molar-refractivity contribution in [2.24, 2.45) is 11.7 Å². The van der Waals surface area contributed by atoms with E-state index in [9.17, 15) is 18.3 Å². The summed E-state index contributed by atoms with van der Waals surface area (Å²) in [6, 6.07) is 2.41. The van der Waals surface area contributed by atoms with Gasteiger partial charge in [0, 0.05) is 5.56 Å². The lowest BCUT2D eigenvalue weighted by atomic mass is 9.97. The van der Waals surface area contributed by atoms with E-state index in [-0.39, 0.29) is 11.7 Å². The first-order valence-electron chi connectivity index (χ1n) is 6.03. The van der Waals surface area contributed by atoms with E-state index in [4.69, 9.17) is 10.5 Å². The Hall–Kier alpha value is -1.27. The van der Waals surface area contributed by atoms with Gasteiger partial charge in [0.05, 0.1) is 24.8 Å². The van der Waals surface area contributed by atoms with Gasteiger partial charge in [-0.2, -0.15) is 13.2 Å². The van der Waals surface area contributed by atoms with Crippen LogP contribution in [0.25, 0.3) is 0 Å². The van der Waals surface area contributed by atoms with E-state index in [0.717, 1.165) is 25.0 Å². The van der Waals surface area contributed by atoms with Crippen molar-refractivity contribution in [3.05, 3.63) is 29.3 Å². The second kappa shape index (κ2) is 5.02. The van der Waals surface area contributed by atoms with Crippen molar-refractivity contribution < 1.29 is 23.0 Å². The van der Waals surface area contributed by atoms with Gasteiger partial charge in [0.2, 0.25) is 0 Å². The van der Waals surface area contributed by atoms with Gasteiger partial charge in [-0.05, 0) is 30.9 Å². The van der Waals surface area contributed by atoms with Crippen molar-refractivity contribution in [1.29, 1.82) is 0 Å². The summed E-state index contributed by atoms with van der Waals surface area (Å²) in [5, 5.41) is 9.96. The predicted octanol–water partition coefficient (Wildman–Crippen LogP) is 2.48. The third-order valence-electron chi connectivity index (χ3n) is 3.39. The number of alkyl halides is 3. The van der Waals surface area contributed by atoms with Gasteiger partial charge in [0.1, 0.15) is 5.75 Å². The Bertz CT molecular complexity index is 458. The Morgan fingerprint density at radius 2 is 2.00 bits per heavy atom. The fraction of sp³-hybridized carbons (Fsp3) is 0.538. The van der Waals surface area contributed by atoms with Crippen molar-refractivity contribution in [2.45, 2.75) is 31.2 Å². The number of hydrogen-bond acceptors (Lipinski definition) is 3. The highest BCUT2D eigenvalue weighted by atomic mass is 19.4. The Labute approximate surface area is 109 Å². The number of methoxy groups -OCH3 is 1. The van der Waals surface area contributed by atoms with Crippen LogP contribution in [0.4, 0.5) is 13.2 Å². The summed E-state index contributed by atoms with van der Waals surface area (Å²) in [6.45, 7) is 0. The minimum absolute atomic E-state index is 0.0574. The van der Waals surface area contributed by atoms with Gasteiger partial charge in [0.25, 0.3) is 0 Å². The first kappa shape index (κ1) is 14.1. The molecular formula is C13H16F3NO2. The van der Waals surface area contributed by atoms with Crippen molar-refractivity contribution >= 4 is 0 Å². The average Bonchev–Trinajstić information content (AvgIpc) is 3.19. The number of rotatable bonds is 4. The Balaban J connectivity index is 2.29. The van der Waals surface area contributed by atoms with Gasteiger partial charge in [-0.25, -0.2) is 0 Å². The van der Waals surface area contributed by atoms with E-state index in [1.165, 1.54) is 13.2 Å². The SMILES string of the molecule is COc1cc(C(F)(F)F)ccc1[C@H](N)[C@H](O)C1CC1. The number of aliphatic hydroxyl groups is 1. The van der Waals surface area contributed by atoms with Crippen LogP contribution in [0.15, 0.2) is 18.2 Å². The number of ether oxygens (including phenoxy) is 1. The maximum Gasteiger partial charge on any atom is 0.416 e. The van der Waals surface area contributed by atoms with Gasteiger partial charge in [-0.15, -0.1) is 0 Å². The summed E-state index contributed by atoms with van der Waals surface area (Å²) >= 11 is 0. The van der Waals surface area contributed by atoms with Crippen LogP contribution in [0.5, 0.6) is 5.75 Å². The molecule has 3 nitrogen and oxygen atoms in total. The summed E-state index contributed by atoms with van der Waals surface area (Å²) in [5.41, 5.74) is 5.51. The standard InChI is InChI=1S/C13H16F3NO2/c1-19-10-6-8(13(14,15)16)4-5-9(10)11(17)12(18)7-2-3-7/h4-7,11-12,18H,2-3,17H2,1H3/t11-,12+/m0/s1. The monoisotopic (exact) mass is 275 g/mol. The van der Waals surface area contributed by atoms with E-state index in [1.54, 1.807) is 0 Å². The number of benzene rings is 1. The van der Waals surface area contributed by atoms with Crippen LogP contribution < -0.4 is 10.5 Å². The first-order valence-corrected chi connectivity index (χ1v) is 6.03. The normalized spacial score (nSPS) is 19.1. The largest absolute Gasteiger partial charge is 0.496 e. The molecule has 2 atom stereocenters. The summed E-state index contributed by atoms with van der Waals surface area (Å²) in [7, 11) is 1.29. The second-order valence-electron chi connectivity index (χ2n) is 4.81. The van der Waals surface area contributed by atoms with Crippen LogP contribution in [0, 0.1) is 5.92 Å². The molecule has 0 aliphatic heterocycles. The van der Waals surface area contributed by atoms with Gasteiger partial charge < -0.3 is 15.6 Å². The molecule has 1 saturated carbocycles. The molecule has 3 N–H and O–H groups in total.